The first-order valence-electron chi connectivity index (χ1n) is 7.64. The average molecular weight is 382 g/mol. The summed E-state index contributed by atoms with van der Waals surface area (Å²) in [5.41, 5.74) is 0.595. The van der Waals surface area contributed by atoms with Crippen LogP contribution in [0.4, 0.5) is 13.2 Å². The summed E-state index contributed by atoms with van der Waals surface area (Å²) >= 11 is 0. The molecule has 2 heterocycles. The van der Waals surface area contributed by atoms with Crippen LogP contribution in [0.5, 0.6) is 0 Å². The molecule has 0 saturated carbocycles. The van der Waals surface area contributed by atoms with Gasteiger partial charge in [-0.1, -0.05) is 17.3 Å². The van der Waals surface area contributed by atoms with Crippen LogP contribution in [0.15, 0.2) is 30.5 Å². The number of nitrogens with one attached hydrogen (secondary N) is 1. The number of aromatic nitrogens is 5. The van der Waals surface area contributed by atoms with Gasteiger partial charge in [-0.15, -0.1) is 5.10 Å². The van der Waals surface area contributed by atoms with E-state index in [9.17, 15) is 22.8 Å². The number of hydrogen-bond donors (Lipinski definition) is 2. The number of para-hydroxylation sites is 2. The van der Waals surface area contributed by atoms with Crippen LogP contribution in [0.1, 0.15) is 11.5 Å². The maximum atomic E-state index is 13.2. The highest BCUT2D eigenvalue weighted by Crippen LogP contribution is 2.31. The summed E-state index contributed by atoms with van der Waals surface area (Å²) in [4.78, 5) is 26.3. The summed E-state index contributed by atoms with van der Waals surface area (Å²) in [6.45, 7) is -1.08. The van der Waals surface area contributed by atoms with Gasteiger partial charge in [0, 0.05) is 0 Å². The number of carbonyl (C=O) groups excluding carboxylic acids is 1. The summed E-state index contributed by atoms with van der Waals surface area (Å²) in [7, 11) is 0. The number of imidazole rings is 1. The van der Waals surface area contributed by atoms with Crippen LogP contribution in [0.3, 0.4) is 0 Å². The van der Waals surface area contributed by atoms with Crippen LogP contribution in [-0.4, -0.2) is 41.5 Å². The maximum absolute atomic E-state index is 13.2. The normalized spacial score (nSPS) is 11.7. The number of nitrogens with zero attached hydrogens (tertiary/aromatic N) is 5. The predicted molar refractivity (Wildman–Crippen MR) is 84.2 cm³/mol. The second-order valence-corrected chi connectivity index (χ2v) is 5.59. The summed E-state index contributed by atoms with van der Waals surface area (Å²) in [5, 5.41) is 18.3. The first-order valence-corrected chi connectivity index (χ1v) is 7.64. The molecule has 27 heavy (non-hydrogen) atoms. The Hall–Kier alpha value is -3.44. The van der Waals surface area contributed by atoms with E-state index in [1.165, 1.54) is 18.3 Å². The van der Waals surface area contributed by atoms with Gasteiger partial charge in [-0.25, -0.2) is 9.67 Å². The van der Waals surface area contributed by atoms with Gasteiger partial charge in [-0.2, -0.15) is 13.2 Å². The molecule has 0 atom stereocenters. The molecule has 12 heteroatoms. The average Bonchev–Trinajstić information content (AvgIpc) is 3.17. The lowest BCUT2D eigenvalue weighted by Gasteiger charge is -2.11. The number of aliphatic carboxylic acids is 1. The van der Waals surface area contributed by atoms with Crippen molar-refractivity contribution in [3.8, 4) is 0 Å². The molecular formula is C15H13F3N6O3. The number of benzene rings is 1. The van der Waals surface area contributed by atoms with Gasteiger partial charge < -0.3 is 15.0 Å². The molecule has 0 radical (unpaired) electrons. The molecule has 1 aromatic carbocycles. The Balaban J connectivity index is 1.72. The molecule has 3 aromatic rings. The number of carbonyl (C=O) groups is 2. The Labute approximate surface area is 149 Å². The standard InChI is InChI=1S/C15H13F3N6O3/c16-15(17,18)14-20-10-3-1-2-4-11(10)24(14)7-12(25)19-5-9-6-23(22-21-9)8-13(26)27/h1-4,6H,5,7-8H2,(H,19,25)(H,26,27). The molecule has 1 amide bonds. The Morgan fingerprint density at radius 3 is 2.63 bits per heavy atom. The molecule has 0 bridgehead atoms. The Morgan fingerprint density at radius 1 is 1.19 bits per heavy atom. The Morgan fingerprint density at radius 2 is 1.93 bits per heavy atom. The molecule has 0 aliphatic rings. The molecule has 0 fully saturated rings. The van der Waals surface area contributed by atoms with Gasteiger partial charge in [-0.3, -0.25) is 9.59 Å². The third kappa shape index (κ3) is 4.22. The quantitative estimate of drug-likeness (QED) is 0.659. The van der Waals surface area contributed by atoms with Gasteiger partial charge in [0.1, 0.15) is 18.8 Å². The van der Waals surface area contributed by atoms with Crippen molar-refractivity contribution in [2.45, 2.75) is 25.8 Å². The first kappa shape index (κ1) is 18.4. The number of carboxylic acids is 1. The van der Waals surface area contributed by atoms with E-state index >= 15 is 0 Å². The van der Waals surface area contributed by atoms with E-state index < -0.39 is 37.0 Å². The molecule has 3 rings (SSSR count). The number of amides is 1. The predicted octanol–water partition coefficient (Wildman–Crippen LogP) is 1.05. The second kappa shape index (κ2) is 7.05. The van der Waals surface area contributed by atoms with Gasteiger partial charge in [0.2, 0.25) is 11.7 Å². The Bertz CT molecular complexity index is 994. The molecule has 0 aliphatic carbocycles. The zero-order valence-corrected chi connectivity index (χ0v) is 13.6. The van der Waals surface area contributed by atoms with Crippen LogP contribution in [-0.2, 0) is 35.4 Å². The van der Waals surface area contributed by atoms with Crippen LogP contribution < -0.4 is 5.32 Å². The maximum Gasteiger partial charge on any atom is 0.449 e. The van der Waals surface area contributed by atoms with Crippen molar-refractivity contribution in [3.05, 3.63) is 42.0 Å². The summed E-state index contributed by atoms with van der Waals surface area (Å²) in [6.07, 6.45) is -3.39. The fraction of sp³-hybridized carbons (Fsp3) is 0.267. The monoisotopic (exact) mass is 382 g/mol. The van der Waals surface area contributed by atoms with E-state index in [4.69, 9.17) is 5.11 Å². The molecule has 0 saturated heterocycles. The summed E-state index contributed by atoms with van der Waals surface area (Å²) in [6, 6.07) is 5.99. The van der Waals surface area contributed by atoms with E-state index in [1.54, 1.807) is 12.1 Å². The third-order valence-electron chi connectivity index (χ3n) is 3.56. The van der Waals surface area contributed by atoms with Crippen molar-refractivity contribution in [1.82, 2.24) is 29.9 Å². The minimum absolute atomic E-state index is 0.105. The highest BCUT2D eigenvalue weighted by molar-refractivity contribution is 5.81. The largest absolute Gasteiger partial charge is 0.480 e. The van der Waals surface area contributed by atoms with E-state index in [1.807, 2.05) is 0 Å². The van der Waals surface area contributed by atoms with Gasteiger partial charge >= 0.3 is 12.1 Å². The van der Waals surface area contributed by atoms with E-state index in [0.29, 0.717) is 0 Å². The van der Waals surface area contributed by atoms with Crippen LogP contribution in [0.2, 0.25) is 0 Å². The van der Waals surface area contributed by atoms with Crippen molar-refractivity contribution in [2.24, 2.45) is 0 Å². The molecule has 0 unspecified atom stereocenters. The van der Waals surface area contributed by atoms with Crippen molar-refractivity contribution in [1.29, 1.82) is 0 Å². The fourth-order valence-electron chi connectivity index (χ4n) is 2.48. The SMILES string of the molecule is O=C(O)Cn1cc(CNC(=O)Cn2c(C(F)(F)F)nc3ccccc32)nn1. The number of halogens is 3. The van der Waals surface area contributed by atoms with Gasteiger partial charge in [0.05, 0.1) is 23.8 Å². The van der Waals surface area contributed by atoms with Crippen molar-refractivity contribution in [2.75, 3.05) is 0 Å². The number of carboxylic acid groups (broad SMARTS) is 1. The lowest BCUT2D eigenvalue weighted by molar-refractivity contribution is -0.147. The number of hydrogen-bond acceptors (Lipinski definition) is 5. The van der Waals surface area contributed by atoms with Gasteiger partial charge in [0.25, 0.3) is 0 Å². The van der Waals surface area contributed by atoms with Crippen molar-refractivity contribution >= 4 is 22.9 Å². The van der Waals surface area contributed by atoms with Crippen LogP contribution in [0, 0.1) is 0 Å². The summed E-state index contributed by atoms with van der Waals surface area (Å²) in [5.74, 6) is -2.95. The number of fused-ring (bicyclic) bond motifs is 1. The smallest absolute Gasteiger partial charge is 0.449 e. The van der Waals surface area contributed by atoms with E-state index in [0.717, 1.165) is 9.25 Å². The lowest BCUT2D eigenvalue weighted by atomic mass is 10.3. The highest BCUT2D eigenvalue weighted by atomic mass is 19.4. The molecule has 142 valence electrons. The minimum Gasteiger partial charge on any atom is -0.480 e. The minimum atomic E-state index is -4.71. The number of rotatable bonds is 6. The summed E-state index contributed by atoms with van der Waals surface area (Å²) < 4.78 is 41.5. The zero-order valence-electron chi connectivity index (χ0n) is 13.6. The molecule has 0 spiro atoms. The first-order chi connectivity index (χ1) is 12.7. The second-order valence-electron chi connectivity index (χ2n) is 5.59. The number of alkyl halides is 3. The van der Waals surface area contributed by atoms with Gasteiger partial charge in [-0.05, 0) is 12.1 Å². The van der Waals surface area contributed by atoms with Crippen LogP contribution >= 0.6 is 0 Å². The molecule has 2 N–H and O–H groups in total. The van der Waals surface area contributed by atoms with Gasteiger partial charge in [0.15, 0.2) is 0 Å². The highest BCUT2D eigenvalue weighted by Gasteiger charge is 2.37. The fourth-order valence-corrected chi connectivity index (χ4v) is 2.48. The molecule has 2 aromatic heterocycles. The molecule has 9 nitrogen and oxygen atoms in total. The van der Waals surface area contributed by atoms with E-state index in [-0.39, 0.29) is 23.3 Å². The van der Waals surface area contributed by atoms with Crippen molar-refractivity contribution in [3.63, 3.8) is 0 Å². The van der Waals surface area contributed by atoms with Crippen LogP contribution in [0.25, 0.3) is 11.0 Å². The third-order valence-corrected chi connectivity index (χ3v) is 3.56. The Kier molecular flexibility index (Phi) is 4.79. The zero-order chi connectivity index (χ0) is 19.6. The lowest BCUT2D eigenvalue weighted by Crippen LogP contribution is -2.29. The topological polar surface area (TPSA) is 115 Å². The molecule has 0 aliphatic heterocycles. The molecular weight excluding hydrogens is 369 g/mol. The van der Waals surface area contributed by atoms with E-state index in [2.05, 4.69) is 20.6 Å². The van der Waals surface area contributed by atoms with Crippen molar-refractivity contribution < 1.29 is 27.9 Å².